The van der Waals surface area contributed by atoms with Gasteiger partial charge in [-0.2, -0.15) is 5.26 Å². The van der Waals surface area contributed by atoms with Crippen molar-refractivity contribution in [3.05, 3.63) is 28.2 Å². The topological polar surface area (TPSA) is 39.5 Å². The van der Waals surface area contributed by atoms with Gasteiger partial charge in [0.15, 0.2) is 0 Å². The number of halogens is 1. The quantitative estimate of drug-likeness (QED) is 0.789. The number of nitrogens with zero attached hydrogens (tertiary/aromatic N) is 3. The number of hydrogen-bond donors (Lipinski definition) is 0. The van der Waals surface area contributed by atoms with Crippen LogP contribution in [0.2, 0.25) is 0 Å². The molecule has 0 saturated carbocycles. The minimum Gasteiger partial charge on any atom is -0.494 e. The highest BCUT2D eigenvalue weighted by Gasteiger charge is 2.18. The molecule has 1 aliphatic rings. The first-order chi connectivity index (χ1) is 10.2. The van der Waals surface area contributed by atoms with Gasteiger partial charge >= 0.3 is 0 Å². The van der Waals surface area contributed by atoms with Crippen molar-refractivity contribution in [3.8, 4) is 11.8 Å². The summed E-state index contributed by atoms with van der Waals surface area (Å²) < 4.78 is 6.81. The largest absolute Gasteiger partial charge is 0.494 e. The Balaban J connectivity index is 1.91. The van der Waals surface area contributed by atoms with E-state index in [1.54, 1.807) is 0 Å². The second-order valence-corrected chi connectivity index (χ2v) is 6.13. The first-order valence-corrected chi connectivity index (χ1v) is 8.25. The van der Waals surface area contributed by atoms with Gasteiger partial charge in [0.2, 0.25) is 0 Å². The minimum absolute atomic E-state index is 0.625. The maximum atomic E-state index is 8.65. The smallest absolute Gasteiger partial charge is 0.123 e. The van der Waals surface area contributed by atoms with Crippen molar-refractivity contribution in [3.63, 3.8) is 0 Å². The van der Waals surface area contributed by atoms with Gasteiger partial charge in [0.25, 0.3) is 0 Å². The number of rotatable bonds is 6. The van der Waals surface area contributed by atoms with Crippen LogP contribution in [0.15, 0.2) is 22.7 Å². The molecule has 1 heterocycles. The molecule has 1 aliphatic heterocycles. The summed E-state index contributed by atoms with van der Waals surface area (Å²) >= 11 is 3.54. The van der Waals surface area contributed by atoms with E-state index in [4.69, 9.17) is 10.00 Å². The molecule has 0 spiro atoms. The van der Waals surface area contributed by atoms with Gasteiger partial charge < -0.3 is 4.74 Å². The van der Waals surface area contributed by atoms with E-state index in [1.165, 1.54) is 5.56 Å². The fourth-order valence-electron chi connectivity index (χ4n) is 2.59. The number of nitriles is 1. The summed E-state index contributed by atoms with van der Waals surface area (Å²) in [6.07, 6.45) is 0.625. The number of benzene rings is 1. The lowest BCUT2D eigenvalue weighted by atomic mass is 10.1. The summed E-state index contributed by atoms with van der Waals surface area (Å²) in [5, 5.41) is 8.65. The molecular formula is C16H22BrN3O. The Morgan fingerprint density at radius 3 is 2.62 bits per heavy atom. The average Bonchev–Trinajstić information content (AvgIpc) is 2.49. The molecule has 0 aromatic heterocycles. The van der Waals surface area contributed by atoms with E-state index in [-0.39, 0.29) is 0 Å². The summed E-state index contributed by atoms with van der Waals surface area (Å²) in [5.74, 6) is 0.979. The van der Waals surface area contributed by atoms with Crippen molar-refractivity contribution < 1.29 is 4.74 Å². The summed E-state index contributed by atoms with van der Waals surface area (Å²) in [7, 11) is 0. The minimum atomic E-state index is 0.625. The Labute approximate surface area is 135 Å². The van der Waals surface area contributed by atoms with E-state index in [2.05, 4.69) is 37.9 Å². The lowest BCUT2D eigenvalue weighted by molar-refractivity contribution is 0.128. The van der Waals surface area contributed by atoms with Gasteiger partial charge in [-0.25, -0.2) is 0 Å². The van der Waals surface area contributed by atoms with Crippen molar-refractivity contribution in [1.29, 1.82) is 5.26 Å². The zero-order valence-electron chi connectivity index (χ0n) is 12.5. The van der Waals surface area contributed by atoms with Crippen LogP contribution in [0.4, 0.5) is 0 Å². The summed E-state index contributed by atoms with van der Waals surface area (Å²) in [6, 6.07) is 8.42. The summed E-state index contributed by atoms with van der Waals surface area (Å²) in [5.41, 5.74) is 1.23. The molecule has 4 nitrogen and oxygen atoms in total. The Morgan fingerprint density at radius 2 is 1.95 bits per heavy atom. The van der Waals surface area contributed by atoms with Gasteiger partial charge in [0.05, 0.1) is 12.7 Å². The van der Waals surface area contributed by atoms with Crippen LogP contribution in [-0.4, -0.2) is 49.1 Å². The van der Waals surface area contributed by atoms with Crippen LogP contribution in [0.3, 0.4) is 0 Å². The lowest BCUT2D eigenvalue weighted by Crippen LogP contribution is -2.46. The van der Waals surface area contributed by atoms with Crippen LogP contribution in [0, 0.1) is 11.3 Å². The third kappa shape index (κ3) is 4.99. The van der Waals surface area contributed by atoms with E-state index in [1.807, 2.05) is 19.1 Å². The first-order valence-electron chi connectivity index (χ1n) is 7.46. The Kier molecular flexibility index (Phi) is 6.50. The predicted octanol–water partition coefficient (Wildman–Crippen LogP) is 2.88. The number of piperazine rings is 1. The van der Waals surface area contributed by atoms with Gasteiger partial charge in [0, 0.05) is 55.7 Å². The second-order valence-electron chi connectivity index (χ2n) is 5.21. The zero-order valence-corrected chi connectivity index (χ0v) is 14.1. The molecule has 114 valence electrons. The summed E-state index contributed by atoms with van der Waals surface area (Å²) in [4.78, 5) is 4.82. The molecule has 0 amide bonds. The van der Waals surface area contributed by atoms with Gasteiger partial charge in [-0.3, -0.25) is 9.80 Å². The third-order valence-electron chi connectivity index (χ3n) is 3.72. The van der Waals surface area contributed by atoms with Crippen LogP contribution in [0.5, 0.6) is 5.75 Å². The Hall–Kier alpha value is -1.09. The molecule has 21 heavy (non-hydrogen) atoms. The molecule has 1 aromatic carbocycles. The Morgan fingerprint density at radius 1 is 1.24 bits per heavy atom. The maximum Gasteiger partial charge on any atom is 0.123 e. The van der Waals surface area contributed by atoms with Gasteiger partial charge in [-0.05, 0) is 25.1 Å². The molecule has 0 bridgehead atoms. The third-order valence-corrected chi connectivity index (χ3v) is 4.21. The highest BCUT2D eigenvalue weighted by atomic mass is 79.9. The molecular weight excluding hydrogens is 330 g/mol. The fourth-order valence-corrected chi connectivity index (χ4v) is 3.00. The van der Waals surface area contributed by atoms with Crippen LogP contribution < -0.4 is 4.74 Å². The molecule has 1 aromatic rings. The van der Waals surface area contributed by atoms with E-state index in [0.717, 1.165) is 49.5 Å². The molecule has 0 radical (unpaired) electrons. The van der Waals surface area contributed by atoms with E-state index in [9.17, 15) is 0 Å². The number of ether oxygens (including phenoxy) is 1. The average molecular weight is 352 g/mol. The summed E-state index contributed by atoms with van der Waals surface area (Å²) in [6.45, 7) is 8.69. The van der Waals surface area contributed by atoms with Crippen molar-refractivity contribution in [2.24, 2.45) is 0 Å². The molecule has 0 unspecified atom stereocenters. The van der Waals surface area contributed by atoms with Crippen molar-refractivity contribution in [2.75, 3.05) is 39.3 Å². The van der Waals surface area contributed by atoms with Crippen molar-refractivity contribution in [2.45, 2.75) is 19.9 Å². The molecule has 1 saturated heterocycles. The van der Waals surface area contributed by atoms with E-state index >= 15 is 0 Å². The standard InChI is InChI=1S/C16H22BrN3O/c1-2-21-16-5-4-15(17)12-14(16)13-20-10-8-19(9-11-20)7-3-6-18/h4-5,12H,2-3,7-11,13H2,1H3. The normalized spacial score (nSPS) is 16.6. The maximum absolute atomic E-state index is 8.65. The molecule has 0 N–H and O–H groups in total. The lowest BCUT2D eigenvalue weighted by Gasteiger charge is -2.34. The first kappa shape index (κ1) is 16.3. The van der Waals surface area contributed by atoms with Gasteiger partial charge in [-0.1, -0.05) is 15.9 Å². The predicted molar refractivity (Wildman–Crippen MR) is 87.3 cm³/mol. The molecule has 0 aliphatic carbocycles. The second kappa shape index (κ2) is 8.38. The monoisotopic (exact) mass is 351 g/mol. The van der Waals surface area contributed by atoms with E-state index in [0.29, 0.717) is 13.0 Å². The molecule has 1 fully saturated rings. The van der Waals surface area contributed by atoms with Crippen molar-refractivity contribution >= 4 is 15.9 Å². The van der Waals surface area contributed by atoms with Crippen molar-refractivity contribution in [1.82, 2.24) is 9.80 Å². The molecule has 0 atom stereocenters. The molecule has 5 heteroatoms. The highest BCUT2D eigenvalue weighted by molar-refractivity contribution is 9.10. The van der Waals surface area contributed by atoms with Crippen LogP contribution in [0.25, 0.3) is 0 Å². The van der Waals surface area contributed by atoms with Crippen LogP contribution >= 0.6 is 15.9 Å². The fraction of sp³-hybridized carbons (Fsp3) is 0.562. The van der Waals surface area contributed by atoms with Crippen LogP contribution in [-0.2, 0) is 6.54 Å². The highest BCUT2D eigenvalue weighted by Crippen LogP contribution is 2.25. The SMILES string of the molecule is CCOc1ccc(Br)cc1CN1CCN(CCC#N)CC1. The Bertz CT molecular complexity index is 493. The number of hydrogen-bond acceptors (Lipinski definition) is 4. The van der Waals surface area contributed by atoms with E-state index < -0.39 is 0 Å². The van der Waals surface area contributed by atoms with Gasteiger partial charge in [0.1, 0.15) is 5.75 Å². The van der Waals surface area contributed by atoms with Gasteiger partial charge in [-0.15, -0.1) is 0 Å². The zero-order chi connectivity index (χ0) is 15.1. The van der Waals surface area contributed by atoms with Crippen LogP contribution in [0.1, 0.15) is 18.9 Å². The molecule has 2 rings (SSSR count).